The first kappa shape index (κ1) is 20.4. The van der Waals surface area contributed by atoms with E-state index in [4.69, 9.17) is 0 Å². The molecule has 1 saturated heterocycles. The van der Waals surface area contributed by atoms with Crippen molar-refractivity contribution in [2.75, 3.05) is 26.7 Å². The Morgan fingerprint density at radius 1 is 1.35 bits per heavy atom. The van der Waals surface area contributed by atoms with Crippen molar-refractivity contribution < 1.29 is 14.7 Å². The summed E-state index contributed by atoms with van der Waals surface area (Å²) in [6, 6.07) is 7.79. The summed E-state index contributed by atoms with van der Waals surface area (Å²) in [4.78, 5) is 28.6. The van der Waals surface area contributed by atoms with Gasteiger partial charge in [-0.15, -0.1) is 0 Å². The molecular formula is C20H31N3O3. The topological polar surface area (TPSA) is 72.9 Å². The average Bonchev–Trinajstić information content (AvgIpc) is 2.57. The van der Waals surface area contributed by atoms with Gasteiger partial charge in [0.2, 0.25) is 11.8 Å². The van der Waals surface area contributed by atoms with Gasteiger partial charge in [-0.1, -0.05) is 29.8 Å². The third kappa shape index (κ3) is 6.11. The Balaban J connectivity index is 1.99. The van der Waals surface area contributed by atoms with Crippen LogP contribution in [0.4, 0.5) is 0 Å². The molecule has 1 aromatic carbocycles. The number of rotatable bonds is 7. The van der Waals surface area contributed by atoms with E-state index in [1.165, 1.54) is 5.56 Å². The fraction of sp³-hybridized carbons (Fsp3) is 0.600. The van der Waals surface area contributed by atoms with Gasteiger partial charge in [0.05, 0.1) is 18.1 Å². The summed E-state index contributed by atoms with van der Waals surface area (Å²) >= 11 is 0. The molecule has 0 unspecified atom stereocenters. The van der Waals surface area contributed by atoms with E-state index in [0.717, 1.165) is 12.1 Å². The molecule has 1 heterocycles. The fourth-order valence-corrected chi connectivity index (χ4v) is 2.99. The minimum atomic E-state index is -0.811. The number of hydrogen-bond acceptors (Lipinski definition) is 4. The van der Waals surface area contributed by atoms with Gasteiger partial charge in [-0.05, 0) is 32.8 Å². The summed E-state index contributed by atoms with van der Waals surface area (Å²) in [6.45, 7) is 7.94. The van der Waals surface area contributed by atoms with Crippen LogP contribution in [-0.4, -0.2) is 65.0 Å². The van der Waals surface area contributed by atoms with Crippen LogP contribution in [0.2, 0.25) is 0 Å². The lowest BCUT2D eigenvalue weighted by Crippen LogP contribution is -2.56. The summed E-state index contributed by atoms with van der Waals surface area (Å²) in [6.07, 6.45) is 0.652. The Morgan fingerprint density at radius 3 is 2.62 bits per heavy atom. The van der Waals surface area contributed by atoms with Crippen molar-refractivity contribution in [3.63, 3.8) is 0 Å². The number of piperazine rings is 1. The van der Waals surface area contributed by atoms with Crippen molar-refractivity contribution in [1.29, 1.82) is 0 Å². The zero-order valence-corrected chi connectivity index (χ0v) is 16.3. The highest BCUT2D eigenvalue weighted by Gasteiger charge is 2.32. The predicted octanol–water partition coefficient (Wildman–Crippen LogP) is 1.30. The van der Waals surface area contributed by atoms with Gasteiger partial charge >= 0.3 is 0 Å². The van der Waals surface area contributed by atoms with E-state index < -0.39 is 11.6 Å². The van der Waals surface area contributed by atoms with Crippen LogP contribution in [-0.2, 0) is 16.1 Å². The van der Waals surface area contributed by atoms with Gasteiger partial charge in [0.1, 0.15) is 0 Å². The number of carbonyl (C=O) groups is 2. The van der Waals surface area contributed by atoms with Gasteiger partial charge in [-0.3, -0.25) is 14.5 Å². The molecule has 6 heteroatoms. The summed E-state index contributed by atoms with van der Waals surface area (Å²) in [7, 11) is 1.72. The Kier molecular flexibility index (Phi) is 6.78. The maximum absolute atomic E-state index is 12.6. The lowest BCUT2D eigenvalue weighted by Gasteiger charge is -2.35. The second-order valence-electron chi connectivity index (χ2n) is 7.84. The van der Waals surface area contributed by atoms with E-state index in [2.05, 4.69) is 34.5 Å². The number of aryl methyl sites for hydroxylation is 1. The molecule has 1 fully saturated rings. The molecule has 1 atom stereocenters. The minimum absolute atomic E-state index is 0.0785. The standard InChI is InChI=1S/C20H31N3O3/c1-15-5-7-16(8-6-15)14-23-12-10-21-19(25)17(23)13-18(24)22(4)11-9-20(2,3)26/h5-8,17,26H,9-14H2,1-4H3,(H,21,25)/t17-/m1/s1. The van der Waals surface area contributed by atoms with Gasteiger partial charge in [-0.25, -0.2) is 0 Å². The van der Waals surface area contributed by atoms with Crippen molar-refractivity contribution >= 4 is 11.8 Å². The van der Waals surface area contributed by atoms with Crippen LogP contribution in [0, 0.1) is 6.92 Å². The number of hydrogen-bond donors (Lipinski definition) is 2. The van der Waals surface area contributed by atoms with E-state index >= 15 is 0 Å². The van der Waals surface area contributed by atoms with Crippen molar-refractivity contribution in [2.45, 2.75) is 51.8 Å². The molecule has 26 heavy (non-hydrogen) atoms. The molecule has 144 valence electrons. The van der Waals surface area contributed by atoms with E-state index in [0.29, 0.717) is 26.1 Å². The first-order valence-electron chi connectivity index (χ1n) is 9.19. The van der Waals surface area contributed by atoms with E-state index in [1.54, 1.807) is 25.8 Å². The van der Waals surface area contributed by atoms with Gasteiger partial charge in [0.25, 0.3) is 0 Å². The summed E-state index contributed by atoms with van der Waals surface area (Å²) < 4.78 is 0. The summed E-state index contributed by atoms with van der Waals surface area (Å²) in [5, 5.41) is 12.7. The number of benzene rings is 1. The Morgan fingerprint density at radius 2 is 2.00 bits per heavy atom. The Hall–Kier alpha value is -1.92. The van der Waals surface area contributed by atoms with Crippen LogP contribution in [0.5, 0.6) is 0 Å². The van der Waals surface area contributed by atoms with Gasteiger partial charge in [0, 0.05) is 33.2 Å². The molecule has 1 aliphatic heterocycles. The van der Waals surface area contributed by atoms with Crippen molar-refractivity contribution in [1.82, 2.24) is 15.1 Å². The third-order valence-corrected chi connectivity index (χ3v) is 4.80. The maximum Gasteiger partial charge on any atom is 0.237 e. The number of nitrogens with one attached hydrogen (secondary N) is 1. The van der Waals surface area contributed by atoms with E-state index in [1.807, 2.05) is 6.92 Å². The molecule has 0 radical (unpaired) electrons. The molecule has 6 nitrogen and oxygen atoms in total. The number of amides is 2. The molecule has 2 N–H and O–H groups in total. The maximum atomic E-state index is 12.6. The lowest BCUT2D eigenvalue weighted by atomic mass is 10.0. The van der Waals surface area contributed by atoms with Crippen molar-refractivity contribution in [3.05, 3.63) is 35.4 Å². The van der Waals surface area contributed by atoms with E-state index in [9.17, 15) is 14.7 Å². The second-order valence-corrected chi connectivity index (χ2v) is 7.84. The van der Waals surface area contributed by atoms with Crippen molar-refractivity contribution in [3.8, 4) is 0 Å². The molecule has 0 aromatic heterocycles. The molecular weight excluding hydrogens is 330 g/mol. The molecule has 0 spiro atoms. The molecule has 0 aliphatic carbocycles. The zero-order valence-electron chi connectivity index (χ0n) is 16.3. The first-order valence-corrected chi connectivity index (χ1v) is 9.19. The highest BCUT2D eigenvalue weighted by molar-refractivity contribution is 5.88. The minimum Gasteiger partial charge on any atom is -0.390 e. The normalized spacial score (nSPS) is 18.5. The van der Waals surface area contributed by atoms with Crippen LogP contribution >= 0.6 is 0 Å². The van der Waals surface area contributed by atoms with Crippen LogP contribution in [0.1, 0.15) is 37.8 Å². The first-order chi connectivity index (χ1) is 12.2. The van der Waals surface area contributed by atoms with Gasteiger partial charge in [0.15, 0.2) is 0 Å². The molecule has 1 aromatic rings. The van der Waals surface area contributed by atoms with Gasteiger partial charge < -0.3 is 15.3 Å². The highest BCUT2D eigenvalue weighted by atomic mass is 16.3. The van der Waals surface area contributed by atoms with Crippen LogP contribution in [0.3, 0.4) is 0 Å². The van der Waals surface area contributed by atoms with E-state index in [-0.39, 0.29) is 18.2 Å². The molecule has 1 aliphatic rings. The SMILES string of the molecule is Cc1ccc(CN2CCNC(=O)[C@H]2CC(=O)N(C)CCC(C)(C)O)cc1. The Bertz CT molecular complexity index is 622. The van der Waals surface area contributed by atoms with Crippen LogP contribution < -0.4 is 5.32 Å². The molecule has 0 saturated carbocycles. The lowest BCUT2D eigenvalue weighted by molar-refractivity contribution is -0.138. The summed E-state index contributed by atoms with van der Waals surface area (Å²) in [5.41, 5.74) is 1.53. The molecule has 2 rings (SSSR count). The third-order valence-electron chi connectivity index (χ3n) is 4.80. The quantitative estimate of drug-likeness (QED) is 0.768. The number of nitrogens with zero attached hydrogens (tertiary/aromatic N) is 2. The van der Waals surface area contributed by atoms with Crippen LogP contribution in [0.25, 0.3) is 0 Å². The average molecular weight is 361 g/mol. The fourth-order valence-electron chi connectivity index (χ4n) is 2.99. The monoisotopic (exact) mass is 361 g/mol. The zero-order chi connectivity index (χ0) is 19.3. The van der Waals surface area contributed by atoms with Crippen LogP contribution in [0.15, 0.2) is 24.3 Å². The number of aliphatic hydroxyl groups is 1. The smallest absolute Gasteiger partial charge is 0.237 e. The number of carbonyl (C=O) groups excluding carboxylic acids is 2. The predicted molar refractivity (Wildman–Crippen MR) is 102 cm³/mol. The molecule has 2 amide bonds. The largest absolute Gasteiger partial charge is 0.390 e. The highest BCUT2D eigenvalue weighted by Crippen LogP contribution is 2.16. The van der Waals surface area contributed by atoms with Gasteiger partial charge in [-0.2, -0.15) is 0 Å². The molecule has 0 bridgehead atoms. The van der Waals surface area contributed by atoms with Crippen molar-refractivity contribution in [2.24, 2.45) is 0 Å². The Labute approximate surface area is 156 Å². The second kappa shape index (κ2) is 8.64. The summed E-state index contributed by atoms with van der Waals surface area (Å²) in [5.74, 6) is -0.169.